The van der Waals surface area contributed by atoms with E-state index in [-0.39, 0.29) is 25.7 Å². The van der Waals surface area contributed by atoms with Crippen LogP contribution in [0.5, 0.6) is 5.75 Å². The highest BCUT2D eigenvalue weighted by Crippen LogP contribution is 2.28. The van der Waals surface area contributed by atoms with Crippen LogP contribution in [0, 0.1) is 20.8 Å². The Hall–Kier alpha value is -2.07. The molecule has 0 amide bonds. The van der Waals surface area contributed by atoms with Gasteiger partial charge in [0.25, 0.3) is 0 Å². The van der Waals surface area contributed by atoms with Crippen LogP contribution in [0.25, 0.3) is 0 Å². The molecule has 0 fully saturated rings. The fourth-order valence-corrected chi connectivity index (χ4v) is 3.03. The lowest BCUT2D eigenvalue weighted by Crippen LogP contribution is -2.41. The van der Waals surface area contributed by atoms with Crippen molar-refractivity contribution in [2.75, 3.05) is 0 Å². The van der Waals surface area contributed by atoms with Gasteiger partial charge in [0.15, 0.2) is 6.10 Å². The van der Waals surface area contributed by atoms with E-state index < -0.39 is 33.4 Å². The van der Waals surface area contributed by atoms with E-state index in [1.807, 2.05) is 32.9 Å². The number of rotatable bonds is 9. The molecule has 1 aromatic rings. The lowest BCUT2D eigenvalue weighted by atomic mass is 10.1. The van der Waals surface area contributed by atoms with E-state index in [2.05, 4.69) is 4.74 Å². The predicted octanol–water partition coefficient (Wildman–Crippen LogP) is 3.49. The van der Waals surface area contributed by atoms with Gasteiger partial charge in [-0.1, -0.05) is 17.7 Å². The third-order valence-corrected chi connectivity index (χ3v) is 4.98. The molecule has 0 bridgehead atoms. The zero-order chi connectivity index (χ0) is 21.7. The minimum atomic E-state index is -5.69. The van der Waals surface area contributed by atoms with E-state index in [9.17, 15) is 26.8 Å². The Kier molecular flexibility index (Phi) is 8.06. The molecule has 0 aliphatic rings. The topological polar surface area (TPSA) is 107 Å². The van der Waals surface area contributed by atoms with Crippen LogP contribution in [0.2, 0.25) is 0 Å². The standard InChI is InChI=1S/C18H24F2O7S/c1-11-9-12(2)17(13(3)10-11)27-16(22)8-6-5-7-15(21)26-14(4)18(19,20)28(23,24)25/h9-10,14H,5-8H2,1-4H3,(H,23,24,25). The van der Waals surface area contributed by atoms with Crippen LogP contribution in [-0.2, 0) is 24.4 Å². The SMILES string of the molecule is Cc1cc(C)c(OC(=O)CCCCC(=O)OC(C)C(F)(F)S(=O)(=O)O)c(C)c1. The fraction of sp³-hybridized carbons (Fsp3) is 0.556. The maximum absolute atomic E-state index is 13.3. The summed E-state index contributed by atoms with van der Waals surface area (Å²) in [5, 5.41) is -4.60. The molecule has 1 rings (SSSR count). The molecule has 0 saturated carbocycles. The highest BCUT2D eigenvalue weighted by molar-refractivity contribution is 7.86. The fourth-order valence-electron chi connectivity index (χ4n) is 2.57. The lowest BCUT2D eigenvalue weighted by Gasteiger charge is -2.20. The van der Waals surface area contributed by atoms with E-state index in [1.54, 1.807) is 0 Å². The van der Waals surface area contributed by atoms with Crippen LogP contribution in [-0.4, -0.2) is 36.3 Å². The molecule has 0 saturated heterocycles. The molecule has 0 heterocycles. The van der Waals surface area contributed by atoms with Crippen molar-refractivity contribution in [2.45, 2.75) is 64.7 Å². The third-order valence-electron chi connectivity index (χ3n) is 3.96. The van der Waals surface area contributed by atoms with Gasteiger partial charge in [0.2, 0.25) is 0 Å². The highest BCUT2D eigenvalue weighted by Gasteiger charge is 2.51. The van der Waals surface area contributed by atoms with Crippen molar-refractivity contribution in [2.24, 2.45) is 0 Å². The first kappa shape index (κ1) is 24.0. The zero-order valence-corrected chi connectivity index (χ0v) is 16.9. The minimum Gasteiger partial charge on any atom is -0.455 e. The first-order chi connectivity index (χ1) is 12.8. The van der Waals surface area contributed by atoms with Crippen molar-refractivity contribution in [3.05, 3.63) is 28.8 Å². The summed E-state index contributed by atoms with van der Waals surface area (Å²) in [6.45, 7) is 6.23. The quantitative estimate of drug-likeness (QED) is 0.281. The van der Waals surface area contributed by atoms with Gasteiger partial charge in [0, 0.05) is 12.8 Å². The Bertz CT molecular complexity index is 811. The van der Waals surface area contributed by atoms with Crippen molar-refractivity contribution < 1.29 is 40.8 Å². The number of halogens is 2. The lowest BCUT2D eigenvalue weighted by molar-refractivity contribution is -0.159. The van der Waals surface area contributed by atoms with E-state index in [1.165, 1.54) is 0 Å². The summed E-state index contributed by atoms with van der Waals surface area (Å²) in [7, 11) is -5.69. The van der Waals surface area contributed by atoms with Crippen LogP contribution in [0.3, 0.4) is 0 Å². The predicted molar refractivity (Wildman–Crippen MR) is 96.8 cm³/mol. The maximum Gasteiger partial charge on any atom is 0.405 e. The second-order valence-electron chi connectivity index (χ2n) is 6.58. The number of carbonyl (C=O) groups is 2. The smallest absolute Gasteiger partial charge is 0.405 e. The van der Waals surface area contributed by atoms with Crippen molar-refractivity contribution in [3.63, 3.8) is 0 Å². The summed E-state index contributed by atoms with van der Waals surface area (Å²) in [5.74, 6) is -1.07. The summed E-state index contributed by atoms with van der Waals surface area (Å²) >= 11 is 0. The Morgan fingerprint density at radius 1 is 1.07 bits per heavy atom. The summed E-state index contributed by atoms with van der Waals surface area (Å²) in [4.78, 5) is 23.5. The number of aryl methyl sites for hydroxylation is 3. The number of esters is 2. The number of ether oxygens (including phenoxy) is 2. The van der Waals surface area contributed by atoms with E-state index >= 15 is 0 Å². The van der Waals surface area contributed by atoms with Crippen molar-refractivity contribution in [1.29, 1.82) is 0 Å². The average molecular weight is 422 g/mol. The van der Waals surface area contributed by atoms with Crippen molar-refractivity contribution >= 4 is 22.1 Å². The average Bonchev–Trinajstić information content (AvgIpc) is 2.53. The summed E-state index contributed by atoms with van der Waals surface area (Å²) in [6, 6.07) is 3.77. The molecule has 0 aliphatic carbocycles. The zero-order valence-electron chi connectivity index (χ0n) is 16.1. The van der Waals surface area contributed by atoms with Crippen LogP contribution < -0.4 is 4.74 Å². The number of benzene rings is 1. The van der Waals surface area contributed by atoms with Gasteiger partial charge in [-0.2, -0.15) is 17.2 Å². The van der Waals surface area contributed by atoms with Crippen LogP contribution in [0.15, 0.2) is 12.1 Å². The number of carbonyl (C=O) groups excluding carboxylic acids is 2. The van der Waals surface area contributed by atoms with E-state index in [0.717, 1.165) is 16.7 Å². The van der Waals surface area contributed by atoms with Crippen molar-refractivity contribution in [1.82, 2.24) is 0 Å². The molecule has 158 valence electrons. The van der Waals surface area contributed by atoms with Crippen LogP contribution in [0.4, 0.5) is 8.78 Å². The van der Waals surface area contributed by atoms with Gasteiger partial charge in [0.1, 0.15) is 5.75 Å². The molecule has 1 aromatic carbocycles. The highest BCUT2D eigenvalue weighted by atomic mass is 32.2. The molecule has 0 aliphatic heterocycles. The Morgan fingerprint density at radius 3 is 2.00 bits per heavy atom. The Balaban J connectivity index is 2.43. The number of alkyl halides is 2. The number of hydrogen-bond donors (Lipinski definition) is 1. The van der Waals surface area contributed by atoms with E-state index in [0.29, 0.717) is 12.7 Å². The van der Waals surface area contributed by atoms with Gasteiger partial charge >= 0.3 is 27.3 Å². The minimum absolute atomic E-state index is 0.0107. The summed E-state index contributed by atoms with van der Waals surface area (Å²) in [6.07, 6.45) is -2.21. The molecular formula is C18H24F2O7S. The first-order valence-electron chi connectivity index (χ1n) is 8.58. The summed E-state index contributed by atoms with van der Waals surface area (Å²) in [5.41, 5.74) is 2.69. The monoisotopic (exact) mass is 422 g/mol. The Morgan fingerprint density at radius 2 is 1.54 bits per heavy atom. The molecule has 28 heavy (non-hydrogen) atoms. The second kappa shape index (κ2) is 9.42. The van der Waals surface area contributed by atoms with Gasteiger partial charge < -0.3 is 9.47 Å². The van der Waals surface area contributed by atoms with Crippen molar-refractivity contribution in [3.8, 4) is 5.75 Å². The van der Waals surface area contributed by atoms with E-state index in [4.69, 9.17) is 9.29 Å². The second-order valence-corrected chi connectivity index (χ2v) is 8.07. The molecular weight excluding hydrogens is 398 g/mol. The largest absolute Gasteiger partial charge is 0.455 e. The number of hydrogen-bond acceptors (Lipinski definition) is 6. The molecule has 0 radical (unpaired) electrons. The van der Waals surface area contributed by atoms with Gasteiger partial charge in [-0.25, -0.2) is 0 Å². The molecule has 1 unspecified atom stereocenters. The summed E-state index contributed by atoms with van der Waals surface area (Å²) < 4.78 is 65.9. The molecule has 0 aromatic heterocycles. The van der Waals surface area contributed by atoms with Crippen LogP contribution >= 0.6 is 0 Å². The molecule has 7 nitrogen and oxygen atoms in total. The molecule has 1 atom stereocenters. The maximum atomic E-state index is 13.3. The third kappa shape index (κ3) is 6.52. The normalized spacial score (nSPS) is 13.1. The number of unbranched alkanes of at least 4 members (excludes halogenated alkanes) is 1. The van der Waals surface area contributed by atoms with Gasteiger partial charge in [-0.15, -0.1) is 0 Å². The van der Waals surface area contributed by atoms with Crippen LogP contribution in [0.1, 0.15) is 49.3 Å². The van der Waals surface area contributed by atoms with Gasteiger partial charge in [-0.05, 0) is 51.7 Å². The molecule has 10 heteroatoms. The van der Waals surface area contributed by atoms with Gasteiger partial charge in [0.05, 0.1) is 0 Å². The first-order valence-corrected chi connectivity index (χ1v) is 10.0. The van der Waals surface area contributed by atoms with Gasteiger partial charge in [-0.3, -0.25) is 14.1 Å². The molecule has 1 N–H and O–H groups in total. The Labute approximate surface area is 162 Å². The molecule has 0 spiro atoms.